The number of benzene rings is 1. The lowest BCUT2D eigenvalue weighted by molar-refractivity contribution is -0.130. The van der Waals surface area contributed by atoms with Crippen molar-refractivity contribution in [2.75, 3.05) is 5.32 Å². The Morgan fingerprint density at radius 3 is 2.70 bits per heavy atom. The standard InChI is InChI=1S/C22H21N5O3/c1-14-11-15(2)24-21(23-14)30-17-8-6-7-16(12-17)25-20(29)22(3)13-19(28)26-18-9-4-5-10-27(18)22/h4-12H,13H2,1-3H3,(H,25,29). The minimum Gasteiger partial charge on any atom is -0.424 e. The van der Waals surface area contributed by atoms with E-state index in [0.29, 0.717) is 17.3 Å². The third kappa shape index (κ3) is 3.84. The number of aromatic nitrogens is 2. The van der Waals surface area contributed by atoms with Crippen LogP contribution in [-0.4, -0.2) is 38.1 Å². The lowest BCUT2D eigenvalue weighted by Crippen LogP contribution is -2.58. The van der Waals surface area contributed by atoms with Crippen molar-refractivity contribution in [2.45, 2.75) is 32.7 Å². The molecule has 8 heteroatoms. The number of aliphatic imine (C=N–C) groups is 1. The Morgan fingerprint density at radius 1 is 1.17 bits per heavy atom. The molecule has 8 nitrogen and oxygen atoms in total. The molecule has 2 aliphatic rings. The Morgan fingerprint density at radius 2 is 1.93 bits per heavy atom. The average Bonchev–Trinajstić information content (AvgIpc) is 2.67. The molecule has 0 spiro atoms. The van der Waals surface area contributed by atoms with Crippen LogP contribution in [0, 0.1) is 13.8 Å². The van der Waals surface area contributed by atoms with E-state index < -0.39 is 5.54 Å². The van der Waals surface area contributed by atoms with Gasteiger partial charge in [-0.1, -0.05) is 12.1 Å². The van der Waals surface area contributed by atoms with Gasteiger partial charge in [0.15, 0.2) is 0 Å². The summed E-state index contributed by atoms with van der Waals surface area (Å²) in [5.74, 6) is 0.298. The van der Waals surface area contributed by atoms with E-state index in [1.54, 1.807) is 60.5 Å². The van der Waals surface area contributed by atoms with E-state index in [9.17, 15) is 9.59 Å². The number of hydrogen-bond acceptors (Lipinski definition) is 6. The molecule has 0 aliphatic carbocycles. The summed E-state index contributed by atoms with van der Waals surface area (Å²) in [4.78, 5) is 39.5. The Labute approximate surface area is 174 Å². The van der Waals surface area contributed by atoms with Crippen molar-refractivity contribution in [3.63, 3.8) is 0 Å². The number of rotatable bonds is 4. The molecule has 2 aromatic rings. The molecule has 0 fully saturated rings. The Bertz CT molecular complexity index is 1100. The van der Waals surface area contributed by atoms with Gasteiger partial charge in [0.1, 0.15) is 17.1 Å². The van der Waals surface area contributed by atoms with Crippen molar-refractivity contribution < 1.29 is 14.3 Å². The maximum atomic E-state index is 13.2. The number of ether oxygens (including phenoxy) is 1. The molecule has 0 radical (unpaired) electrons. The number of nitrogens with zero attached hydrogens (tertiary/aromatic N) is 4. The van der Waals surface area contributed by atoms with E-state index in [-0.39, 0.29) is 24.2 Å². The van der Waals surface area contributed by atoms with Gasteiger partial charge < -0.3 is 15.0 Å². The van der Waals surface area contributed by atoms with Crippen molar-refractivity contribution in [3.05, 3.63) is 66.1 Å². The van der Waals surface area contributed by atoms with E-state index in [2.05, 4.69) is 20.3 Å². The van der Waals surface area contributed by atoms with Crippen molar-refractivity contribution in [3.8, 4) is 11.8 Å². The molecule has 1 atom stereocenters. The first-order chi connectivity index (χ1) is 14.3. The SMILES string of the molecule is Cc1cc(C)nc(Oc2cccc(NC(=O)C3(C)CC(=O)N=C4C=CC=CN43)c2)n1. The molecular formula is C22H21N5O3. The lowest BCUT2D eigenvalue weighted by atomic mass is 9.91. The highest BCUT2D eigenvalue weighted by Gasteiger charge is 2.45. The Balaban J connectivity index is 1.54. The quantitative estimate of drug-likeness (QED) is 0.841. The third-order valence-corrected chi connectivity index (χ3v) is 4.86. The van der Waals surface area contributed by atoms with Crippen LogP contribution >= 0.6 is 0 Å². The van der Waals surface area contributed by atoms with Crippen molar-refractivity contribution in [1.29, 1.82) is 0 Å². The second-order valence-electron chi connectivity index (χ2n) is 7.40. The fourth-order valence-corrected chi connectivity index (χ4v) is 3.43. The summed E-state index contributed by atoms with van der Waals surface area (Å²) in [6.07, 6.45) is 7.02. The molecule has 0 saturated carbocycles. The highest BCUT2D eigenvalue weighted by molar-refractivity contribution is 6.11. The molecule has 1 N–H and O–H groups in total. The number of anilines is 1. The van der Waals surface area contributed by atoms with E-state index in [4.69, 9.17) is 4.74 Å². The fourth-order valence-electron chi connectivity index (χ4n) is 3.43. The minimum absolute atomic E-state index is 0.0207. The van der Waals surface area contributed by atoms with Crippen LogP contribution in [0.1, 0.15) is 24.7 Å². The molecule has 30 heavy (non-hydrogen) atoms. The number of hydrogen-bond donors (Lipinski definition) is 1. The Kier molecular flexibility index (Phi) is 4.91. The van der Waals surface area contributed by atoms with Crippen molar-refractivity contribution in [2.24, 2.45) is 4.99 Å². The number of amides is 2. The highest BCUT2D eigenvalue weighted by Crippen LogP contribution is 2.30. The molecule has 2 amide bonds. The minimum atomic E-state index is -1.09. The van der Waals surface area contributed by atoms with Crippen LogP contribution in [0.2, 0.25) is 0 Å². The molecule has 0 bridgehead atoms. The number of allylic oxidation sites excluding steroid dienone is 2. The first kappa shape index (κ1) is 19.5. The van der Waals surface area contributed by atoms with Crippen molar-refractivity contribution >= 4 is 23.3 Å². The maximum absolute atomic E-state index is 13.2. The van der Waals surface area contributed by atoms with Crippen LogP contribution in [0.25, 0.3) is 0 Å². The van der Waals surface area contributed by atoms with Crippen LogP contribution in [-0.2, 0) is 9.59 Å². The van der Waals surface area contributed by atoms with Gasteiger partial charge in [0, 0.05) is 29.3 Å². The molecule has 4 rings (SSSR count). The van der Waals surface area contributed by atoms with Gasteiger partial charge in [-0.15, -0.1) is 0 Å². The van der Waals surface area contributed by atoms with E-state index in [0.717, 1.165) is 11.4 Å². The van der Waals surface area contributed by atoms with Crippen LogP contribution in [0.15, 0.2) is 59.8 Å². The van der Waals surface area contributed by atoms with Gasteiger partial charge in [-0.3, -0.25) is 9.59 Å². The van der Waals surface area contributed by atoms with Crippen LogP contribution < -0.4 is 10.1 Å². The summed E-state index contributed by atoms with van der Waals surface area (Å²) in [5.41, 5.74) is 1.05. The first-order valence-corrected chi connectivity index (χ1v) is 9.51. The molecule has 2 aliphatic heterocycles. The maximum Gasteiger partial charge on any atom is 0.322 e. The normalized spacial score (nSPS) is 19.9. The van der Waals surface area contributed by atoms with Gasteiger partial charge in [-0.2, -0.15) is 4.99 Å². The van der Waals surface area contributed by atoms with E-state index >= 15 is 0 Å². The summed E-state index contributed by atoms with van der Waals surface area (Å²) in [5, 5.41) is 2.89. The van der Waals surface area contributed by atoms with Crippen LogP contribution in [0.3, 0.4) is 0 Å². The summed E-state index contributed by atoms with van der Waals surface area (Å²) < 4.78 is 5.76. The number of fused-ring (bicyclic) bond motifs is 1. The number of aryl methyl sites for hydroxylation is 2. The largest absolute Gasteiger partial charge is 0.424 e. The van der Waals surface area contributed by atoms with Gasteiger partial charge in [0.05, 0.1) is 6.42 Å². The zero-order valence-corrected chi connectivity index (χ0v) is 16.9. The molecule has 1 aromatic heterocycles. The van der Waals surface area contributed by atoms with Crippen LogP contribution in [0.5, 0.6) is 11.8 Å². The third-order valence-electron chi connectivity index (χ3n) is 4.86. The van der Waals surface area contributed by atoms with Crippen LogP contribution in [0.4, 0.5) is 5.69 Å². The van der Waals surface area contributed by atoms with Gasteiger partial charge in [-0.05, 0) is 51.1 Å². The monoisotopic (exact) mass is 403 g/mol. The highest BCUT2D eigenvalue weighted by atomic mass is 16.5. The number of carbonyl (C=O) groups is 2. The lowest BCUT2D eigenvalue weighted by Gasteiger charge is -2.41. The predicted octanol–water partition coefficient (Wildman–Crippen LogP) is 3.30. The molecule has 0 saturated heterocycles. The number of carbonyl (C=O) groups excluding carboxylic acids is 2. The van der Waals surface area contributed by atoms with Gasteiger partial charge in [0.2, 0.25) is 0 Å². The second-order valence-corrected chi connectivity index (χ2v) is 7.40. The van der Waals surface area contributed by atoms with Crippen molar-refractivity contribution in [1.82, 2.24) is 14.9 Å². The number of amidine groups is 1. The fraction of sp³-hybridized carbons (Fsp3) is 0.227. The second kappa shape index (κ2) is 7.55. The van der Waals surface area contributed by atoms with Gasteiger partial charge in [0.25, 0.3) is 11.8 Å². The molecule has 1 aromatic carbocycles. The molecular weight excluding hydrogens is 382 g/mol. The topological polar surface area (TPSA) is 96.8 Å². The van der Waals surface area contributed by atoms with Gasteiger partial charge in [-0.25, -0.2) is 9.97 Å². The predicted molar refractivity (Wildman–Crippen MR) is 112 cm³/mol. The molecule has 1 unspecified atom stereocenters. The van der Waals surface area contributed by atoms with E-state index in [1.807, 2.05) is 19.9 Å². The first-order valence-electron chi connectivity index (χ1n) is 9.51. The molecule has 3 heterocycles. The average molecular weight is 403 g/mol. The summed E-state index contributed by atoms with van der Waals surface area (Å²) in [6.45, 7) is 5.46. The van der Waals surface area contributed by atoms with Gasteiger partial charge >= 0.3 is 6.01 Å². The Hall–Kier alpha value is -3.81. The summed E-state index contributed by atoms with van der Waals surface area (Å²) in [7, 11) is 0. The smallest absolute Gasteiger partial charge is 0.322 e. The molecule has 152 valence electrons. The summed E-state index contributed by atoms with van der Waals surface area (Å²) in [6, 6.07) is 9.06. The zero-order valence-electron chi connectivity index (χ0n) is 16.9. The summed E-state index contributed by atoms with van der Waals surface area (Å²) >= 11 is 0. The van der Waals surface area contributed by atoms with E-state index in [1.165, 1.54) is 0 Å². The number of nitrogens with one attached hydrogen (secondary N) is 1. The zero-order chi connectivity index (χ0) is 21.3.